The molecule has 0 bridgehead atoms. The summed E-state index contributed by atoms with van der Waals surface area (Å²) in [6.45, 7) is 1.62. The fourth-order valence-electron chi connectivity index (χ4n) is 2.64. The molecule has 0 unspecified atom stereocenters. The lowest BCUT2D eigenvalue weighted by atomic mass is 10.1. The van der Waals surface area contributed by atoms with Crippen molar-refractivity contribution in [3.8, 4) is 0 Å². The Kier molecular flexibility index (Phi) is 5.65. The molecule has 0 aliphatic heterocycles. The van der Waals surface area contributed by atoms with Gasteiger partial charge in [-0.3, -0.25) is 9.52 Å². The molecule has 0 heterocycles. The molecule has 0 saturated carbocycles. The minimum absolute atomic E-state index is 0.0535. The molecule has 0 radical (unpaired) electrons. The van der Waals surface area contributed by atoms with Gasteiger partial charge in [-0.2, -0.15) is 0 Å². The van der Waals surface area contributed by atoms with Crippen LogP contribution < -0.4 is 15.1 Å². The predicted molar refractivity (Wildman–Crippen MR) is 107 cm³/mol. The second kappa shape index (κ2) is 8.15. The number of anilines is 2. The smallest absolute Gasteiger partial charge is 0.262 e. The molecule has 0 aliphatic rings. The van der Waals surface area contributed by atoms with Crippen molar-refractivity contribution in [3.63, 3.8) is 0 Å². The Morgan fingerprint density at radius 2 is 1.45 bits per heavy atom. The van der Waals surface area contributed by atoms with Gasteiger partial charge in [-0.25, -0.2) is 8.42 Å². The molecule has 0 spiro atoms. The largest absolute Gasteiger partial charge is 0.545 e. The average Bonchev–Trinajstić information content (AvgIpc) is 2.69. The molecule has 3 rings (SSSR count). The Labute approximate surface area is 168 Å². The third-order valence-electron chi connectivity index (χ3n) is 4.14. The number of rotatable bonds is 6. The summed E-state index contributed by atoms with van der Waals surface area (Å²) in [7, 11) is -4.00. The number of aromatic carboxylic acids is 1. The molecule has 7 nitrogen and oxygen atoms in total. The Balaban J connectivity index is 1.86. The predicted octanol–water partition coefficient (Wildman–Crippen LogP) is 2.41. The molecule has 8 heteroatoms. The van der Waals surface area contributed by atoms with E-state index in [2.05, 4.69) is 10.0 Å². The number of para-hydroxylation sites is 1. The van der Waals surface area contributed by atoms with Crippen molar-refractivity contribution in [1.29, 1.82) is 0 Å². The summed E-state index contributed by atoms with van der Waals surface area (Å²) in [5.74, 6) is -1.79. The third-order valence-corrected chi connectivity index (χ3v) is 5.67. The molecule has 0 aliphatic carbocycles. The van der Waals surface area contributed by atoms with Gasteiger partial charge in [-0.1, -0.05) is 36.4 Å². The summed E-state index contributed by atoms with van der Waals surface area (Å²) in [4.78, 5) is 23.2. The summed E-state index contributed by atoms with van der Waals surface area (Å²) >= 11 is 0. The Morgan fingerprint density at radius 1 is 0.828 bits per heavy atom. The number of nitrogens with one attached hydrogen (secondary N) is 2. The number of hydrogen-bond donors (Lipinski definition) is 2. The van der Waals surface area contributed by atoms with Crippen molar-refractivity contribution in [2.24, 2.45) is 0 Å². The van der Waals surface area contributed by atoms with Crippen molar-refractivity contribution < 1.29 is 23.1 Å². The maximum Gasteiger partial charge on any atom is 0.262 e. The standard InChI is InChI=1S/C21H18N2O5S/c1-14-7-8-16(20(24)22-17-5-3-2-4-6-17)13-19(14)29(27,28)23-18-11-9-15(10-12-18)21(25)26/h2-13,23H,1H3,(H,22,24)(H,25,26)/p-1. The Hall–Kier alpha value is -3.65. The zero-order valence-electron chi connectivity index (χ0n) is 15.4. The lowest BCUT2D eigenvalue weighted by molar-refractivity contribution is -0.255. The highest BCUT2D eigenvalue weighted by molar-refractivity contribution is 7.92. The van der Waals surface area contributed by atoms with Crippen LogP contribution >= 0.6 is 0 Å². The number of aryl methyl sites for hydroxylation is 1. The minimum atomic E-state index is -4.00. The summed E-state index contributed by atoms with van der Waals surface area (Å²) in [6, 6.07) is 18.3. The summed E-state index contributed by atoms with van der Waals surface area (Å²) in [5, 5.41) is 13.5. The van der Waals surface area contributed by atoms with Crippen LogP contribution in [0.15, 0.2) is 77.7 Å². The summed E-state index contributed by atoms with van der Waals surface area (Å²) < 4.78 is 28.0. The molecule has 0 aromatic heterocycles. The SMILES string of the molecule is Cc1ccc(C(=O)Nc2ccccc2)cc1S(=O)(=O)Nc1ccc(C(=O)[O-])cc1. The molecule has 29 heavy (non-hydrogen) atoms. The van der Waals surface area contributed by atoms with E-state index in [9.17, 15) is 23.1 Å². The van der Waals surface area contributed by atoms with E-state index in [0.717, 1.165) is 0 Å². The average molecular weight is 409 g/mol. The van der Waals surface area contributed by atoms with E-state index in [-0.39, 0.29) is 21.7 Å². The highest BCUT2D eigenvalue weighted by Crippen LogP contribution is 2.22. The van der Waals surface area contributed by atoms with Crippen LogP contribution in [0.25, 0.3) is 0 Å². The van der Waals surface area contributed by atoms with Gasteiger partial charge in [0.25, 0.3) is 15.9 Å². The number of carbonyl (C=O) groups excluding carboxylic acids is 2. The Bertz CT molecular complexity index is 1160. The van der Waals surface area contributed by atoms with Gasteiger partial charge in [-0.15, -0.1) is 0 Å². The summed E-state index contributed by atoms with van der Waals surface area (Å²) in [5.41, 5.74) is 1.36. The highest BCUT2D eigenvalue weighted by atomic mass is 32.2. The third kappa shape index (κ3) is 4.80. The van der Waals surface area contributed by atoms with Crippen LogP contribution in [0.3, 0.4) is 0 Å². The van der Waals surface area contributed by atoms with Gasteiger partial charge in [0.2, 0.25) is 0 Å². The van der Waals surface area contributed by atoms with Crippen molar-refractivity contribution in [2.45, 2.75) is 11.8 Å². The molecule has 0 fully saturated rings. The molecule has 3 aromatic carbocycles. The van der Waals surface area contributed by atoms with Crippen molar-refractivity contribution in [2.75, 3.05) is 10.0 Å². The number of carboxylic acid groups (broad SMARTS) is 1. The van der Waals surface area contributed by atoms with Gasteiger partial charge >= 0.3 is 0 Å². The van der Waals surface area contributed by atoms with Crippen LogP contribution in [-0.4, -0.2) is 20.3 Å². The van der Waals surface area contributed by atoms with Crippen molar-refractivity contribution in [3.05, 3.63) is 89.5 Å². The number of carbonyl (C=O) groups is 2. The van der Waals surface area contributed by atoms with Crippen LogP contribution in [0.1, 0.15) is 26.3 Å². The van der Waals surface area contributed by atoms with Gasteiger partial charge in [-0.05, 0) is 54.4 Å². The second-order valence-corrected chi connectivity index (χ2v) is 7.92. The number of sulfonamides is 1. The molecule has 2 N–H and O–H groups in total. The second-order valence-electron chi connectivity index (χ2n) is 6.27. The van der Waals surface area contributed by atoms with Gasteiger partial charge in [0.05, 0.1) is 10.9 Å². The van der Waals surface area contributed by atoms with Crippen LogP contribution in [0.5, 0.6) is 0 Å². The number of benzene rings is 3. The molecule has 0 atom stereocenters. The van der Waals surface area contributed by atoms with E-state index in [1.165, 1.54) is 30.3 Å². The normalized spacial score (nSPS) is 10.9. The molecular formula is C21H17N2O5S-. The number of hydrogen-bond acceptors (Lipinski definition) is 5. The first-order chi connectivity index (χ1) is 13.8. The highest BCUT2D eigenvalue weighted by Gasteiger charge is 2.19. The maximum absolute atomic E-state index is 12.8. The molecule has 148 valence electrons. The van der Waals surface area contributed by atoms with Gasteiger partial charge in [0.1, 0.15) is 0 Å². The zero-order valence-corrected chi connectivity index (χ0v) is 16.2. The van der Waals surface area contributed by atoms with Crippen LogP contribution in [-0.2, 0) is 10.0 Å². The first-order valence-electron chi connectivity index (χ1n) is 8.57. The fraction of sp³-hybridized carbons (Fsp3) is 0.0476. The van der Waals surface area contributed by atoms with Gasteiger partial charge in [0, 0.05) is 16.9 Å². The fourth-order valence-corrected chi connectivity index (χ4v) is 3.97. The quantitative estimate of drug-likeness (QED) is 0.649. The number of carboxylic acids is 1. The zero-order chi connectivity index (χ0) is 21.0. The molecular weight excluding hydrogens is 392 g/mol. The first kappa shape index (κ1) is 20.1. The van der Waals surface area contributed by atoms with Gasteiger partial charge < -0.3 is 15.2 Å². The molecule has 0 saturated heterocycles. The lowest BCUT2D eigenvalue weighted by Crippen LogP contribution is -2.22. The summed E-state index contributed by atoms with van der Waals surface area (Å²) in [6.07, 6.45) is 0. The lowest BCUT2D eigenvalue weighted by Gasteiger charge is -2.13. The minimum Gasteiger partial charge on any atom is -0.545 e. The van der Waals surface area contributed by atoms with E-state index in [4.69, 9.17) is 0 Å². The van der Waals surface area contributed by atoms with Crippen LogP contribution in [0, 0.1) is 6.92 Å². The topological polar surface area (TPSA) is 115 Å². The van der Waals surface area contributed by atoms with E-state index >= 15 is 0 Å². The van der Waals surface area contributed by atoms with Crippen molar-refractivity contribution >= 4 is 33.3 Å². The molecule has 1 amide bonds. The molecule has 3 aromatic rings. The van der Waals surface area contributed by atoms with Crippen molar-refractivity contribution in [1.82, 2.24) is 0 Å². The van der Waals surface area contributed by atoms with E-state index in [1.54, 1.807) is 43.3 Å². The number of amides is 1. The van der Waals surface area contributed by atoms with E-state index < -0.39 is 21.9 Å². The van der Waals surface area contributed by atoms with E-state index in [0.29, 0.717) is 11.3 Å². The van der Waals surface area contributed by atoms with E-state index in [1.807, 2.05) is 6.07 Å². The first-order valence-corrected chi connectivity index (χ1v) is 10.1. The maximum atomic E-state index is 12.8. The van der Waals surface area contributed by atoms with Gasteiger partial charge in [0.15, 0.2) is 0 Å². The van der Waals surface area contributed by atoms with Crippen LogP contribution in [0.2, 0.25) is 0 Å². The Morgan fingerprint density at radius 3 is 2.07 bits per heavy atom. The monoisotopic (exact) mass is 409 g/mol. The van der Waals surface area contributed by atoms with Crippen LogP contribution in [0.4, 0.5) is 11.4 Å².